The summed E-state index contributed by atoms with van der Waals surface area (Å²) in [6, 6.07) is 0. The van der Waals surface area contributed by atoms with Crippen molar-refractivity contribution in [3.8, 4) is 0 Å². The Morgan fingerprint density at radius 1 is 0.660 bits per heavy atom. The van der Waals surface area contributed by atoms with Gasteiger partial charge in [-0.05, 0) is 44.9 Å². The molecule has 0 aliphatic rings. The van der Waals surface area contributed by atoms with E-state index in [0.717, 1.165) is 44.9 Å². The lowest BCUT2D eigenvalue weighted by molar-refractivity contribution is -0.147. The number of hydrogen-bond donors (Lipinski definition) is 3. The lowest BCUT2D eigenvalue weighted by Gasteiger charge is -2.15. The van der Waals surface area contributed by atoms with Crippen LogP contribution in [0.15, 0.2) is 24.3 Å². The Labute approximate surface area is 287 Å². The predicted octanol–water partition coefficient (Wildman–Crippen LogP) is 9.65. The molecule has 0 rings (SSSR count). The van der Waals surface area contributed by atoms with Crippen LogP contribution in [-0.4, -0.2) is 54.3 Å². The average molecular weight is 688 g/mol. The number of aliphatic hydroxyl groups is 1. The number of amides is 1. The van der Waals surface area contributed by atoms with Crippen LogP contribution < -0.4 is 5.32 Å². The SMILES string of the molecule is CCCCC/C=C\C/C=C\CCCCCCCCCCCC(=O)NCCOP(=O)(O)OCC(O)COC(=O)CCCCCCCCC. The van der Waals surface area contributed by atoms with Gasteiger partial charge in [-0.15, -0.1) is 0 Å². The number of allylic oxidation sites excluding steroid dienone is 4. The second-order valence-electron chi connectivity index (χ2n) is 12.6. The van der Waals surface area contributed by atoms with Crippen LogP contribution in [0.2, 0.25) is 0 Å². The summed E-state index contributed by atoms with van der Waals surface area (Å²) in [6.07, 6.45) is 34.1. The minimum atomic E-state index is -4.40. The minimum Gasteiger partial charge on any atom is -0.463 e. The zero-order valence-corrected chi connectivity index (χ0v) is 30.9. The molecule has 2 atom stereocenters. The molecule has 10 heteroatoms. The highest BCUT2D eigenvalue weighted by atomic mass is 31.2. The topological polar surface area (TPSA) is 131 Å². The molecule has 0 aliphatic heterocycles. The van der Waals surface area contributed by atoms with Gasteiger partial charge in [-0.1, -0.05) is 134 Å². The molecule has 0 aromatic rings. The van der Waals surface area contributed by atoms with Gasteiger partial charge in [0, 0.05) is 19.4 Å². The predicted molar refractivity (Wildman–Crippen MR) is 192 cm³/mol. The summed E-state index contributed by atoms with van der Waals surface area (Å²) in [5, 5.41) is 12.6. The summed E-state index contributed by atoms with van der Waals surface area (Å²) in [5.41, 5.74) is 0. The Kier molecular flexibility index (Phi) is 33.3. The van der Waals surface area contributed by atoms with Gasteiger partial charge < -0.3 is 20.1 Å². The van der Waals surface area contributed by atoms with E-state index < -0.39 is 26.5 Å². The van der Waals surface area contributed by atoms with Crippen LogP contribution in [0.3, 0.4) is 0 Å². The molecule has 3 N–H and O–H groups in total. The number of carbonyl (C=O) groups excluding carboxylic acids is 2. The third-order valence-corrected chi connectivity index (χ3v) is 8.87. The molecule has 0 heterocycles. The van der Waals surface area contributed by atoms with Crippen LogP contribution in [0.5, 0.6) is 0 Å². The third-order valence-electron chi connectivity index (χ3n) is 7.88. The van der Waals surface area contributed by atoms with Gasteiger partial charge in [-0.2, -0.15) is 0 Å². The molecule has 0 aromatic carbocycles. The van der Waals surface area contributed by atoms with E-state index in [0.29, 0.717) is 6.42 Å². The first-order chi connectivity index (χ1) is 22.8. The summed E-state index contributed by atoms with van der Waals surface area (Å²) < 4.78 is 26.6. The van der Waals surface area contributed by atoms with Crippen molar-refractivity contribution in [1.82, 2.24) is 5.32 Å². The van der Waals surface area contributed by atoms with Gasteiger partial charge in [0.05, 0.1) is 13.2 Å². The molecule has 0 aliphatic carbocycles. The van der Waals surface area contributed by atoms with E-state index >= 15 is 0 Å². The van der Waals surface area contributed by atoms with Crippen molar-refractivity contribution in [2.75, 3.05) is 26.4 Å². The molecule has 9 nitrogen and oxygen atoms in total. The molecule has 0 saturated carbocycles. The molecule has 0 fully saturated rings. The third kappa shape index (κ3) is 35.6. The number of unbranched alkanes of at least 4 members (excludes halogenated alkanes) is 18. The summed E-state index contributed by atoms with van der Waals surface area (Å²) in [5.74, 6) is -0.526. The average Bonchev–Trinajstić information content (AvgIpc) is 3.05. The van der Waals surface area contributed by atoms with Gasteiger partial charge >= 0.3 is 13.8 Å². The highest BCUT2D eigenvalue weighted by Gasteiger charge is 2.23. The molecular formula is C37H70NO8P. The van der Waals surface area contributed by atoms with E-state index in [9.17, 15) is 24.2 Å². The van der Waals surface area contributed by atoms with Gasteiger partial charge in [-0.25, -0.2) is 4.57 Å². The van der Waals surface area contributed by atoms with Gasteiger partial charge in [0.1, 0.15) is 12.7 Å². The lowest BCUT2D eigenvalue weighted by atomic mass is 10.1. The second-order valence-corrected chi connectivity index (χ2v) is 14.0. The first kappa shape index (κ1) is 45.5. The van der Waals surface area contributed by atoms with Crippen molar-refractivity contribution in [1.29, 1.82) is 0 Å². The van der Waals surface area contributed by atoms with Crippen molar-refractivity contribution in [3.05, 3.63) is 24.3 Å². The molecule has 0 spiro atoms. The standard InChI is InChI=1S/C37H70NO8P/c1-3-5-7-9-11-12-13-14-15-16-17-18-19-20-21-22-24-25-27-29-36(40)38-31-32-45-47(42,43)46-34-35(39)33-44-37(41)30-28-26-23-10-8-6-4-2/h11-12,14-15,35,39H,3-10,13,16-34H2,1-2H3,(H,38,40)(H,42,43)/b12-11-,15-14-. The van der Waals surface area contributed by atoms with Crippen LogP contribution in [0, 0.1) is 0 Å². The first-order valence-electron chi connectivity index (χ1n) is 18.8. The van der Waals surface area contributed by atoms with E-state index in [1.54, 1.807) is 0 Å². The van der Waals surface area contributed by atoms with Crippen LogP contribution in [0.4, 0.5) is 0 Å². The van der Waals surface area contributed by atoms with Crippen molar-refractivity contribution in [2.45, 2.75) is 174 Å². The zero-order valence-electron chi connectivity index (χ0n) is 30.0. The number of esters is 1. The highest BCUT2D eigenvalue weighted by molar-refractivity contribution is 7.47. The van der Waals surface area contributed by atoms with Crippen molar-refractivity contribution in [2.24, 2.45) is 0 Å². The lowest BCUT2D eigenvalue weighted by Crippen LogP contribution is -2.27. The number of carbonyl (C=O) groups is 2. The summed E-state index contributed by atoms with van der Waals surface area (Å²) in [4.78, 5) is 33.6. The molecule has 1 amide bonds. The number of phosphoric acid groups is 1. The summed E-state index contributed by atoms with van der Waals surface area (Å²) in [7, 11) is -4.40. The van der Waals surface area contributed by atoms with Gasteiger partial charge in [0.15, 0.2) is 0 Å². The maximum Gasteiger partial charge on any atom is 0.472 e. The van der Waals surface area contributed by atoms with Gasteiger partial charge in [-0.3, -0.25) is 18.6 Å². The quantitative estimate of drug-likeness (QED) is 0.0260. The Hall–Kier alpha value is -1.51. The molecule has 0 saturated heterocycles. The van der Waals surface area contributed by atoms with Crippen molar-refractivity contribution >= 4 is 19.7 Å². The van der Waals surface area contributed by atoms with E-state index in [4.69, 9.17) is 13.8 Å². The molecule has 276 valence electrons. The molecule has 47 heavy (non-hydrogen) atoms. The Morgan fingerprint density at radius 2 is 1.15 bits per heavy atom. The summed E-state index contributed by atoms with van der Waals surface area (Å²) >= 11 is 0. The molecule has 0 radical (unpaired) electrons. The van der Waals surface area contributed by atoms with E-state index in [2.05, 4.69) is 43.5 Å². The number of nitrogens with one attached hydrogen (secondary N) is 1. The van der Waals surface area contributed by atoms with Crippen molar-refractivity contribution < 1.29 is 37.9 Å². The van der Waals surface area contributed by atoms with Crippen LogP contribution >= 0.6 is 7.82 Å². The molecule has 2 unspecified atom stereocenters. The van der Waals surface area contributed by atoms with Crippen LogP contribution in [0.25, 0.3) is 0 Å². The molecule has 0 bridgehead atoms. The smallest absolute Gasteiger partial charge is 0.463 e. The second kappa shape index (κ2) is 34.4. The maximum atomic E-state index is 12.0. The normalized spacial score (nSPS) is 13.7. The Bertz CT molecular complexity index is 835. The molecule has 0 aromatic heterocycles. The number of rotatable bonds is 35. The van der Waals surface area contributed by atoms with Crippen LogP contribution in [0.1, 0.15) is 168 Å². The first-order valence-corrected chi connectivity index (χ1v) is 20.3. The van der Waals surface area contributed by atoms with Crippen molar-refractivity contribution in [3.63, 3.8) is 0 Å². The van der Waals surface area contributed by atoms with Gasteiger partial charge in [0.25, 0.3) is 0 Å². The monoisotopic (exact) mass is 687 g/mol. The van der Waals surface area contributed by atoms with Crippen LogP contribution in [-0.2, 0) is 27.9 Å². The van der Waals surface area contributed by atoms with E-state index in [1.165, 1.54) is 96.3 Å². The zero-order chi connectivity index (χ0) is 34.7. The minimum absolute atomic E-state index is 0.0808. The number of phosphoric ester groups is 1. The number of hydrogen-bond acceptors (Lipinski definition) is 7. The Balaban J connectivity index is 3.59. The van der Waals surface area contributed by atoms with E-state index in [-0.39, 0.29) is 32.1 Å². The highest BCUT2D eigenvalue weighted by Crippen LogP contribution is 2.42. The fourth-order valence-electron chi connectivity index (χ4n) is 5.00. The Morgan fingerprint density at radius 3 is 1.74 bits per heavy atom. The summed E-state index contributed by atoms with van der Waals surface area (Å²) in [6.45, 7) is 3.46. The molecular weight excluding hydrogens is 617 g/mol. The largest absolute Gasteiger partial charge is 0.472 e. The van der Waals surface area contributed by atoms with Gasteiger partial charge in [0.2, 0.25) is 5.91 Å². The fourth-order valence-corrected chi connectivity index (χ4v) is 5.75. The number of ether oxygens (including phenoxy) is 1. The number of aliphatic hydroxyl groups excluding tert-OH is 1. The maximum absolute atomic E-state index is 12.0. The fraction of sp³-hybridized carbons (Fsp3) is 0.838. The van der Waals surface area contributed by atoms with E-state index in [1.807, 2.05) is 0 Å².